The highest BCUT2D eigenvalue weighted by molar-refractivity contribution is 8.01. The van der Waals surface area contributed by atoms with Crippen molar-refractivity contribution in [3.05, 3.63) is 6.33 Å². The smallest absolute Gasteiger partial charge is 0.170 e. The minimum atomic E-state index is 0.240. The first kappa shape index (κ1) is 10.3. The van der Waals surface area contributed by atoms with Gasteiger partial charge in [-0.05, 0) is 11.5 Å². The van der Waals surface area contributed by atoms with E-state index in [1.165, 1.54) is 17.9 Å². The lowest BCUT2D eigenvalue weighted by molar-refractivity contribution is 0.317. The van der Waals surface area contributed by atoms with Gasteiger partial charge >= 0.3 is 0 Å². The predicted molar refractivity (Wildman–Crippen MR) is 53.3 cm³/mol. The largest absolute Gasteiger partial charge is 0.409 e. The van der Waals surface area contributed by atoms with E-state index in [1.807, 2.05) is 6.92 Å². The number of thioether (sulfide) groups is 1. The van der Waals surface area contributed by atoms with E-state index in [9.17, 15) is 0 Å². The van der Waals surface area contributed by atoms with Crippen LogP contribution in [0.15, 0.2) is 15.8 Å². The van der Waals surface area contributed by atoms with Gasteiger partial charge in [0.05, 0.1) is 0 Å². The Balaban J connectivity index is 2.38. The first-order valence-electron chi connectivity index (χ1n) is 3.62. The second kappa shape index (κ2) is 5.03. The van der Waals surface area contributed by atoms with Crippen molar-refractivity contribution >= 4 is 29.1 Å². The standard InChI is InChI=1S/C6H10N4OS2/c1-4(2-5(7)10-11)12-6-8-3-9-13-6/h3-4,11H,2H2,1H3,(H2,7,10). The molecule has 7 heteroatoms. The fourth-order valence-corrected chi connectivity index (χ4v) is 2.54. The molecule has 1 heterocycles. The number of aromatic nitrogens is 2. The van der Waals surface area contributed by atoms with Crippen molar-refractivity contribution in [3.63, 3.8) is 0 Å². The Morgan fingerprint density at radius 1 is 1.92 bits per heavy atom. The first-order valence-corrected chi connectivity index (χ1v) is 5.27. The van der Waals surface area contributed by atoms with E-state index in [0.29, 0.717) is 6.42 Å². The summed E-state index contributed by atoms with van der Waals surface area (Å²) in [6.07, 6.45) is 2.06. The lowest BCUT2D eigenvalue weighted by Gasteiger charge is -2.06. The van der Waals surface area contributed by atoms with Gasteiger partial charge in [-0.1, -0.05) is 23.8 Å². The number of amidine groups is 1. The minimum Gasteiger partial charge on any atom is -0.409 e. The molecule has 3 N–H and O–H groups in total. The monoisotopic (exact) mass is 218 g/mol. The van der Waals surface area contributed by atoms with Gasteiger partial charge in [-0.25, -0.2) is 4.98 Å². The normalized spacial score (nSPS) is 14.4. The zero-order valence-corrected chi connectivity index (χ0v) is 8.68. The van der Waals surface area contributed by atoms with E-state index in [-0.39, 0.29) is 11.1 Å². The van der Waals surface area contributed by atoms with Gasteiger partial charge < -0.3 is 10.9 Å². The third kappa shape index (κ3) is 3.60. The van der Waals surface area contributed by atoms with Gasteiger partial charge in [0.25, 0.3) is 0 Å². The van der Waals surface area contributed by atoms with Crippen molar-refractivity contribution in [2.45, 2.75) is 22.9 Å². The van der Waals surface area contributed by atoms with Crippen LogP contribution in [-0.2, 0) is 0 Å². The third-order valence-corrected chi connectivity index (χ3v) is 3.12. The van der Waals surface area contributed by atoms with Crippen molar-refractivity contribution in [1.29, 1.82) is 0 Å². The third-order valence-electron chi connectivity index (χ3n) is 1.27. The van der Waals surface area contributed by atoms with Gasteiger partial charge in [0.1, 0.15) is 12.2 Å². The minimum absolute atomic E-state index is 0.240. The van der Waals surface area contributed by atoms with E-state index < -0.39 is 0 Å². The maximum atomic E-state index is 8.34. The lowest BCUT2D eigenvalue weighted by atomic mass is 10.3. The first-order chi connectivity index (χ1) is 6.22. The van der Waals surface area contributed by atoms with Crippen LogP contribution < -0.4 is 5.73 Å². The summed E-state index contributed by atoms with van der Waals surface area (Å²) in [5.41, 5.74) is 5.36. The molecule has 0 bridgehead atoms. The topological polar surface area (TPSA) is 84.4 Å². The molecule has 0 amide bonds. The van der Waals surface area contributed by atoms with Crippen LogP contribution in [0, 0.1) is 0 Å². The van der Waals surface area contributed by atoms with Crippen molar-refractivity contribution in [2.75, 3.05) is 0 Å². The van der Waals surface area contributed by atoms with Gasteiger partial charge in [0, 0.05) is 11.7 Å². The van der Waals surface area contributed by atoms with Crippen molar-refractivity contribution < 1.29 is 5.21 Å². The zero-order chi connectivity index (χ0) is 9.68. The number of nitrogens with zero attached hydrogens (tertiary/aromatic N) is 3. The molecule has 0 saturated carbocycles. The van der Waals surface area contributed by atoms with E-state index in [4.69, 9.17) is 10.9 Å². The van der Waals surface area contributed by atoms with Crippen molar-refractivity contribution in [3.8, 4) is 0 Å². The molecule has 5 nitrogen and oxygen atoms in total. The highest BCUT2D eigenvalue weighted by atomic mass is 32.2. The molecule has 0 saturated heterocycles. The molecule has 0 aliphatic carbocycles. The number of nitrogens with two attached hydrogens (primary N) is 1. The molecule has 0 aromatic carbocycles. The van der Waals surface area contributed by atoms with Crippen LogP contribution in [0.25, 0.3) is 0 Å². The highest BCUT2D eigenvalue weighted by Gasteiger charge is 2.08. The maximum Gasteiger partial charge on any atom is 0.170 e. The van der Waals surface area contributed by atoms with Gasteiger partial charge in [-0.15, -0.1) is 0 Å². The van der Waals surface area contributed by atoms with Crippen LogP contribution in [-0.4, -0.2) is 25.7 Å². The second-order valence-electron chi connectivity index (χ2n) is 2.43. The Kier molecular flexibility index (Phi) is 3.97. The number of hydrogen-bond donors (Lipinski definition) is 2. The highest BCUT2D eigenvalue weighted by Crippen LogP contribution is 2.25. The average molecular weight is 218 g/mol. The van der Waals surface area contributed by atoms with E-state index in [2.05, 4.69) is 14.5 Å². The summed E-state index contributed by atoms with van der Waals surface area (Å²) < 4.78 is 4.77. The number of oxime groups is 1. The summed E-state index contributed by atoms with van der Waals surface area (Å²) in [5.74, 6) is 0.240. The predicted octanol–water partition coefficient (Wildman–Crippen LogP) is 1.16. The van der Waals surface area contributed by atoms with Crippen LogP contribution >= 0.6 is 23.3 Å². The molecule has 0 fully saturated rings. The molecule has 1 rings (SSSR count). The van der Waals surface area contributed by atoms with Gasteiger partial charge in [-0.3, -0.25) is 0 Å². The second-order valence-corrected chi connectivity index (χ2v) is 4.90. The Bertz CT molecular complexity index is 274. The fraction of sp³-hybridized carbons (Fsp3) is 0.500. The molecule has 1 aromatic heterocycles. The number of rotatable bonds is 4. The molecule has 1 unspecified atom stereocenters. The summed E-state index contributed by atoms with van der Waals surface area (Å²) in [6, 6.07) is 0. The van der Waals surface area contributed by atoms with Crippen molar-refractivity contribution in [1.82, 2.24) is 9.36 Å². The molecule has 1 aromatic rings. The molecule has 13 heavy (non-hydrogen) atoms. The molecular formula is C6H10N4OS2. The van der Waals surface area contributed by atoms with Crippen LogP contribution in [0.4, 0.5) is 0 Å². The Labute approximate surface area is 84.2 Å². The molecule has 1 atom stereocenters. The van der Waals surface area contributed by atoms with Crippen LogP contribution in [0.1, 0.15) is 13.3 Å². The van der Waals surface area contributed by atoms with E-state index in [0.717, 1.165) is 4.34 Å². The van der Waals surface area contributed by atoms with Crippen LogP contribution in [0.5, 0.6) is 0 Å². The van der Waals surface area contributed by atoms with Crippen molar-refractivity contribution in [2.24, 2.45) is 10.9 Å². The Morgan fingerprint density at radius 2 is 2.69 bits per heavy atom. The molecule has 0 aliphatic heterocycles. The Hall–Kier alpha value is -0.820. The summed E-state index contributed by atoms with van der Waals surface area (Å²) in [5, 5.41) is 11.5. The maximum absolute atomic E-state index is 8.34. The van der Waals surface area contributed by atoms with Gasteiger partial charge in [0.2, 0.25) is 0 Å². The lowest BCUT2D eigenvalue weighted by Crippen LogP contribution is -2.16. The quantitative estimate of drug-likeness (QED) is 0.260. The van der Waals surface area contributed by atoms with Gasteiger partial charge in [-0.2, -0.15) is 4.37 Å². The number of hydrogen-bond acceptors (Lipinski definition) is 6. The summed E-state index contributed by atoms with van der Waals surface area (Å²) in [6.45, 7) is 1.99. The molecular weight excluding hydrogens is 208 g/mol. The van der Waals surface area contributed by atoms with Crippen LogP contribution in [0.2, 0.25) is 0 Å². The SMILES string of the molecule is CC(CC(N)=NO)Sc1ncns1. The van der Waals surface area contributed by atoms with Gasteiger partial charge in [0.15, 0.2) is 4.34 Å². The fourth-order valence-electron chi connectivity index (χ4n) is 0.764. The molecule has 0 spiro atoms. The van der Waals surface area contributed by atoms with Crippen LogP contribution in [0.3, 0.4) is 0 Å². The zero-order valence-electron chi connectivity index (χ0n) is 7.04. The van der Waals surface area contributed by atoms with E-state index >= 15 is 0 Å². The summed E-state index contributed by atoms with van der Waals surface area (Å²) >= 11 is 2.91. The molecule has 72 valence electrons. The average Bonchev–Trinajstić information content (AvgIpc) is 2.56. The molecule has 0 radical (unpaired) electrons. The Morgan fingerprint density at radius 3 is 3.23 bits per heavy atom. The van der Waals surface area contributed by atoms with E-state index in [1.54, 1.807) is 11.8 Å². The molecule has 0 aliphatic rings. The summed E-state index contributed by atoms with van der Waals surface area (Å²) in [7, 11) is 0. The summed E-state index contributed by atoms with van der Waals surface area (Å²) in [4.78, 5) is 4.02.